The van der Waals surface area contributed by atoms with E-state index in [4.69, 9.17) is 9.47 Å². The highest BCUT2D eigenvalue weighted by Crippen LogP contribution is 2.58. The Labute approximate surface area is 107 Å². The first-order chi connectivity index (χ1) is 8.28. The summed E-state index contributed by atoms with van der Waals surface area (Å²) in [5.74, 6) is -0.0467. The number of carbonyl (C=O) groups excluding carboxylic acids is 2. The second-order valence-corrected chi connectivity index (χ2v) is 6.22. The average Bonchev–Trinajstić information content (AvgIpc) is 3.06. The van der Waals surface area contributed by atoms with E-state index in [1.807, 2.05) is 20.8 Å². The van der Waals surface area contributed by atoms with Crippen LogP contribution in [0, 0.1) is 11.8 Å². The number of alkyl carbamates (subject to hydrolysis) is 1. The molecule has 0 bridgehead atoms. The highest BCUT2D eigenvalue weighted by Gasteiger charge is 2.67. The van der Waals surface area contributed by atoms with E-state index < -0.39 is 17.2 Å². The number of methoxy groups -OCH3 is 1. The largest absolute Gasteiger partial charge is 0.469 e. The molecule has 0 aromatic rings. The van der Waals surface area contributed by atoms with Crippen molar-refractivity contribution in [3.05, 3.63) is 0 Å². The predicted molar refractivity (Wildman–Crippen MR) is 64.9 cm³/mol. The van der Waals surface area contributed by atoms with E-state index in [0.717, 1.165) is 12.8 Å². The van der Waals surface area contributed by atoms with Crippen LogP contribution in [0.15, 0.2) is 0 Å². The van der Waals surface area contributed by atoms with Crippen molar-refractivity contribution in [2.75, 3.05) is 7.11 Å². The molecule has 0 heterocycles. The number of esters is 1. The molecule has 0 radical (unpaired) electrons. The van der Waals surface area contributed by atoms with Gasteiger partial charge in [0, 0.05) is 0 Å². The zero-order valence-electron chi connectivity index (χ0n) is 11.4. The standard InChI is InChI=1S/C13H21NO4/c1-12(2,3)18-11(16)14-13(8-5-6-8)7-9(13)10(15)17-4/h8-9H,5-7H2,1-4H3,(H,14,16). The molecular formula is C13H21NO4. The Morgan fingerprint density at radius 3 is 2.33 bits per heavy atom. The van der Waals surface area contributed by atoms with Crippen molar-refractivity contribution >= 4 is 12.1 Å². The molecule has 2 aliphatic carbocycles. The molecule has 18 heavy (non-hydrogen) atoms. The van der Waals surface area contributed by atoms with Crippen molar-refractivity contribution in [1.82, 2.24) is 5.32 Å². The molecule has 1 amide bonds. The minimum Gasteiger partial charge on any atom is -0.469 e. The monoisotopic (exact) mass is 255 g/mol. The number of carbonyl (C=O) groups is 2. The molecule has 5 nitrogen and oxygen atoms in total. The fourth-order valence-electron chi connectivity index (χ4n) is 2.50. The van der Waals surface area contributed by atoms with E-state index in [2.05, 4.69) is 5.32 Å². The van der Waals surface area contributed by atoms with Crippen molar-refractivity contribution in [1.29, 1.82) is 0 Å². The van der Waals surface area contributed by atoms with Gasteiger partial charge in [-0.25, -0.2) is 4.79 Å². The first kappa shape index (κ1) is 13.2. The molecule has 5 heteroatoms. The zero-order chi connectivity index (χ0) is 13.6. The summed E-state index contributed by atoms with van der Waals surface area (Å²) >= 11 is 0. The third-order valence-electron chi connectivity index (χ3n) is 3.53. The molecular weight excluding hydrogens is 234 g/mol. The highest BCUT2D eigenvalue weighted by atomic mass is 16.6. The fraction of sp³-hybridized carbons (Fsp3) is 0.846. The maximum absolute atomic E-state index is 11.8. The third kappa shape index (κ3) is 2.60. The Bertz CT molecular complexity index is 370. The minimum atomic E-state index is -0.523. The van der Waals surface area contributed by atoms with Gasteiger partial charge < -0.3 is 14.8 Å². The van der Waals surface area contributed by atoms with Crippen LogP contribution in [0.3, 0.4) is 0 Å². The van der Waals surface area contributed by atoms with Crippen LogP contribution in [0.2, 0.25) is 0 Å². The lowest BCUT2D eigenvalue weighted by Crippen LogP contribution is -2.44. The molecule has 102 valence electrons. The average molecular weight is 255 g/mol. The lowest BCUT2D eigenvalue weighted by atomic mass is 10.1. The number of rotatable bonds is 3. The number of ether oxygens (including phenoxy) is 2. The van der Waals surface area contributed by atoms with Gasteiger partial charge in [0.2, 0.25) is 0 Å². The molecule has 2 atom stereocenters. The van der Waals surface area contributed by atoms with Gasteiger partial charge in [-0.2, -0.15) is 0 Å². The Balaban J connectivity index is 1.97. The summed E-state index contributed by atoms with van der Waals surface area (Å²) in [6.07, 6.45) is 2.34. The number of amides is 1. The van der Waals surface area contributed by atoms with E-state index in [1.165, 1.54) is 7.11 Å². The van der Waals surface area contributed by atoms with Gasteiger partial charge in [0.1, 0.15) is 5.60 Å². The summed E-state index contributed by atoms with van der Waals surface area (Å²) in [7, 11) is 1.38. The lowest BCUT2D eigenvalue weighted by Gasteiger charge is -2.24. The van der Waals surface area contributed by atoms with Crippen LogP contribution in [0.1, 0.15) is 40.0 Å². The van der Waals surface area contributed by atoms with Gasteiger partial charge in [0.15, 0.2) is 0 Å². The SMILES string of the molecule is COC(=O)C1CC1(NC(=O)OC(C)(C)C)C1CC1. The molecule has 0 aromatic heterocycles. The first-order valence-corrected chi connectivity index (χ1v) is 6.37. The molecule has 0 spiro atoms. The molecule has 1 N–H and O–H groups in total. The van der Waals surface area contributed by atoms with Gasteiger partial charge in [0.25, 0.3) is 0 Å². The summed E-state index contributed by atoms with van der Waals surface area (Å²) in [6, 6.07) is 0. The zero-order valence-corrected chi connectivity index (χ0v) is 11.4. The van der Waals surface area contributed by atoms with E-state index in [-0.39, 0.29) is 11.9 Å². The Hall–Kier alpha value is -1.26. The van der Waals surface area contributed by atoms with Gasteiger partial charge in [-0.3, -0.25) is 4.79 Å². The Morgan fingerprint density at radius 1 is 1.28 bits per heavy atom. The Morgan fingerprint density at radius 2 is 1.89 bits per heavy atom. The number of hydrogen-bond acceptors (Lipinski definition) is 4. The van der Waals surface area contributed by atoms with Crippen LogP contribution < -0.4 is 5.32 Å². The normalized spacial score (nSPS) is 30.6. The van der Waals surface area contributed by atoms with Crippen molar-refractivity contribution in [2.45, 2.75) is 51.2 Å². The lowest BCUT2D eigenvalue weighted by molar-refractivity contribution is -0.142. The van der Waals surface area contributed by atoms with Crippen molar-refractivity contribution < 1.29 is 19.1 Å². The molecule has 0 saturated heterocycles. The molecule has 2 unspecified atom stereocenters. The predicted octanol–water partition coefficient (Wildman–Crippen LogP) is 1.85. The topological polar surface area (TPSA) is 64.6 Å². The van der Waals surface area contributed by atoms with Crippen LogP contribution >= 0.6 is 0 Å². The van der Waals surface area contributed by atoms with Crippen LogP contribution in [-0.4, -0.2) is 30.3 Å². The second kappa shape index (κ2) is 4.14. The summed E-state index contributed by atoms with van der Waals surface area (Å²) in [4.78, 5) is 23.4. The minimum absolute atomic E-state index is 0.206. The maximum atomic E-state index is 11.8. The van der Waals surface area contributed by atoms with Crippen LogP contribution in [0.4, 0.5) is 4.79 Å². The number of hydrogen-bond donors (Lipinski definition) is 1. The highest BCUT2D eigenvalue weighted by molar-refractivity contribution is 5.81. The van der Waals surface area contributed by atoms with Crippen LogP contribution in [0.5, 0.6) is 0 Å². The van der Waals surface area contributed by atoms with Gasteiger partial charge in [0.05, 0.1) is 18.6 Å². The van der Waals surface area contributed by atoms with Gasteiger partial charge in [-0.05, 0) is 46.0 Å². The summed E-state index contributed by atoms with van der Waals surface area (Å²) in [6.45, 7) is 5.46. The van der Waals surface area contributed by atoms with Crippen LogP contribution in [0.25, 0.3) is 0 Å². The molecule has 2 aliphatic rings. The van der Waals surface area contributed by atoms with Crippen molar-refractivity contribution in [3.8, 4) is 0 Å². The van der Waals surface area contributed by atoms with E-state index in [1.54, 1.807) is 0 Å². The molecule has 2 rings (SSSR count). The quantitative estimate of drug-likeness (QED) is 0.782. The second-order valence-electron chi connectivity index (χ2n) is 6.22. The van der Waals surface area contributed by atoms with Crippen molar-refractivity contribution in [2.24, 2.45) is 11.8 Å². The molecule has 2 saturated carbocycles. The van der Waals surface area contributed by atoms with Gasteiger partial charge >= 0.3 is 12.1 Å². The van der Waals surface area contributed by atoms with E-state index in [9.17, 15) is 9.59 Å². The molecule has 2 fully saturated rings. The maximum Gasteiger partial charge on any atom is 0.408 e. The van der Waals surface area contributed by atoms with Crippen molar-refractivity contribution in [3.63, 3.8) is 0 Å². The van der Waals surface area contributed by atoms with Gasteiger partial charge in [-0.15, -0.1) is 0 Å². The Kier molecular flexibility index (Phi) is 3.03. The molecule has 0 aliphatic heterocycles. The fourth-order valence-corrected chi connectivity index (χ4v) is 2.50. The molecule has 0 aromatic carbocycles. The summed E-state index contributed by atoms with van der Waals surface area (Å²) in [5, 5.41) is 2.89. The van der Waals surface area contributed by atoms with E-state index in [0.29, 0.717) is 12.3 Å². The third-order valence-corrected chi connectivity index (χ3v) is 3.53. The van der Waals surface area contributed by atoms with E-state index >= 15 is 0 Å². The van der Waals surface area contributed by atoms with Crippen LogP contribution in [-0.2, 0) is 14.3 Å². The van der Waals surface area contributed by atoms with Gasteiger partial charge in [-0.1, -0.05) is 0 Å². The summed E-state index contributed by atoms with van der Waals surface area (Å²) in [5.41, 5.74) is -0.931. The summed E-state index contributed by atoms with van der Waals surface area (Å²) < 4.78 is 10.0. The number of nitrogens with one attached hydrogen (secondary N) is 1. The first-order valence-electron chi connectivity index (χ1n) is 6.37. The smallest absolute Gasteiger partial charge is 0.408 e.